The first kappa shape index (κ1) is 28.6. The molecule has 2 unspecified atom stereocenters. The number of nitriles is 1. The number of halogens is 4. The van der Waals surface area contributed by atoms with Crippen LogP contribution in [-0.4, -0.2) is 68.0 Å². The van der Waals surface area contributed by atoms with Crippen molar-refractivity contribution in [2.24, 2.45) is 5.92 Å². The molecule has 39 heavy (non-hydrogen) atoms. The number of hydrogen-bond donors (Lipinski definition) is 0. The highest BCUT2D eigenvalue weighted by atomic mass is 35.5. The molecule has 12 heteroatoms. The van der Waals surface area contributed by atoms with E-state index in [-0.39, 0.29) is 30.3 Å². The molecule has 208 valence electrons. The summed E-state index contributed by atoms with van der Waals surface area (Å²) < 4.78 is 40.4. The van der Waals surface area contributed by atoms with E-state index in [0.717, 1.165) is 30.0 Å². The van der Waals surface area contributed by atoms with Crippen molar-refractivity contribution in [2.45, 2.75) is 38.4 Å². The van der Waals surface area contributed by atoms with E-state index in [1.807, 2.05) is 11.9 Å². The Morgan fingerprint density at radius 1 is 1.26 bits per heavy atom. The minimum Gasteiger partial charge on any atom is -0.370 e. The lowest BCUT2D eigenvalue weighted by Crippen LogP contribution is -2.46. The maximum absolute atomic E-state index is 13.7. The van der Waals surface area contributed by atoms with Gasteiger partial charge in [-0.05, 0) is 50.6 Å². The van der Waals surface area contributed by atoms with Gasteiger partial charge >= 0.3 is 6.18 Å². The average Bonchev–Trinajstić information content (AvgIpc) is 3.51. The van der Waals surface area contributed by atoms with Crippen LogP contribution in [0.2, 0.25) is 5.02 Å². The summed E-state index contributed by atoms with van der Waals surface area (Å²) in [6.45, 7) is 4.28. The van der Waals surface area contributed by atoms with Crippen molar-refractivity contribution >= 4 is 40.6 Å². The molecule has 2 aromatic rings. The summed E-state index contributed by atoms with van der Waals surface area (Å²) in [6, 6.07) is 8.19. The maximum atomic E-state index is 13.7. The standard InChI is InChI=1S/C27H30ClF3N6O2/c1-17-13-19(27(29,30)31)14-23(33-17)37-22(7-8-24(37)38)26(39)35(3)21-6-4-5-20(28)25(21)34(2)11-12-36-10-9-18(15-32)16-36/h4-6,13-14,18,22H,7-12,16H2,1-3H3. The SMILES string of the molecule is Cc1cc(C(F)(F)F)cc(N2C(=O)CCC2C(=O)N(C)c2cccc(Cl)c2N(C)CCN2CCC(C#N)C2)n1. The number of nitrogens with zero attached hydrogens (tertiary/aromatic N) is 6. The normalized spacial score (nSPS) is 19.8. The number of aromatic nitrogens is 1. The number of likely N-dealkylation sites (tertiary alicyclic amines) is 1. The van der Waals surface area contributed by atoms with Crippen LogP contribution in [0.4, 0.5) is 30.4 Å². The Morgan fingerprint density at radius 2 is 2.00 bits per heavy atom. The Balaban J connectivity index is 1.58. The Kier molecular flexibility index (Phi) is 8.37. The van der Waals surface area contributed by atoms with Gasteiger partial charge < -0.3 is 14.7 Å². The van der Waals surface area contributed by atoms with E-state index in [4.69, 9.17) is 16.9 Å². The third-order valence-electron chi connectivity index (χ3n) is 7.26. The van der Waals surface area contributed by atoms with Crippen molar-refractivity contribution in [3.8, 4) is 6.07 Å². The van der Waals surface area contributed by atoms with Crippen molar-refractivity contribution in [3.05, 3.63) is 46.6 Å². The molecule has 2 fully saturated rings. The maximum Gasteiger partial charge on any atom is 0.416 e. The van der Waals surface area contributed by atoms with Crippen LogP contribution in [0.3, 0.4) is 0 Å². The van der Waals surface area contributed by atoms with Crippen molar-refractivity contribution < 1.29 is 22.8 Å². The Hall–Kier alpha value is -3.36. The summed E-state index contributed by atoms with van der Waals surface area (Å²) >= 11 is 6.58. The molecule has 2 aliphatic heterocycles. The van der Waals surface area contributed by atoms with Gasteiger partial charge in [0.2, 0.25) is 11.8 Å². The molecule has 2 saturated heterocycles. The van der Waals surface area contributed by atoms with Gasteiger partial charge in [0.15, 0.2) is 0 Å². The molecule has 1 aromatic heterocycles. The molecule has 8 nitrogen and oxygen atoms in total. The first-order valence-electron chi connectivity index (χ1n) is 12.7. The number of likely N-dealkylation sites (N-methyl/N-ethyl adjacent to an activating group) is 2. The van der Waals surface area contributed by atoms with Gasteiger partial charge in [0.05, 0.1) is 33.9 Å². The van der Waals surface area contributed by atoms with Gasteiger partial charge in [-0.15, -0.1) is 0 Å². The molecule has 0 bridgehead atoms. The molecule has 1 aromatic carbocycles. The zero-order valence-electron chi connectivity index (χ0n) is 22.0. The van der Waals surface area contributed by atoms with Crippen LogP contribution in [0, 0.1) is 24.2 Å². The second-order valence-corrected chi connectivity index (χ2v) is 10.4. The highest BCUT2D eigenvalue weighted by Crippen LogP contribution is 2.38. The van der Waals surface area contributed by atoms with Crippen molar-refractivity contribution in [3.63, 3.8) is 0 Å². The van der Waals surface area contributed by atoms with E-state index >= 15 is 0 Å². The number of anilines is 3. The van der Waals surface area contributed by atoms with Crippen molar-refractivity contribution in [2.75, 3.05) is 55.0 Å². The second kappa shape index (κ2) is 11.4. The number of aryl methyl sites for hydroxylation is 1. The summed E-state index contributed by atoms with van der Waals surface area (Å²) in [6.07, 6.45) is -3.61. The minimum atomic E-state index is -4.62. The predicted octanol–water partition coefficient (Wildman–Crippen LogP) is 4.50. The van der Waals surface area contributed by atoms with Gasteiger partial charge in [0.1, 0.15) is 11.9 Å². The summed E-state index contributed by atoms with van der Waals surface area (Å²) in [5, 5.41) is 9.60. The van der Waals surface area contributed by atoms with E-state index in [9.17, 15) is 22.8 Å². The summed E-state index contributed by atoms with van der Waals surface area (Å²) in [5.74, 6) is -1.08. The number of rotatable bonds is 7. The van der Waals surface area contributed by atoms with E-state index in [0.29, 0.717) is 36.0 Å². The summed E-state index contributed by atoms with van der Waals surface area (Å²) in [5.41, 5.74) is 0.299. The molecule has 0 N–H and O–H groups in total. The highest BCUT2D eigenvalue weighted by Gasteiger charge is 2.41. The first-order chi connectivity index (χ1) is 18.4. The number of carbonyl (C=O) groups excluding carboxylic acids is 2. The Morgan fingerprint density at radius 3 is 2.67 bits per heavy atom. The van der Waals surface area contributed by atoms with Gasteiger partial charge in [0, 0.05) is 45.8 Å². The van der Waals surface area contributed by atoms with Crippen LogP contribution in [0.1, 0.15) is 30.5 Å². The number of carbonyl (C=O) groups is 2. The molecule has 2 aliphatic rings. The summed E-state index contributed by atoms with van der Waals surface area (Å²) in [7, 11) is 3.43. The van der Waals surface area contributed by atoms with Crippen LogP contribution in [0.5, 0.6) is 0 Å². The van der Waals surface area contributed by atoms with Crippen LogP contribution >= 0.6 is 11.6 Å². The Bertz CT molecular complexity index is 1300. The molecule has 2 amide bonds. The molecule has 0 saturated carbocycles. The van der Waals surface area contributed by atoms with Crippen molar-refractivity contribution in [1.82, 2.24) is 9.88 Å². The van der Waals surface area contributed by atoms with Gasteiger partial charge in [-0.25, -0.2) is 4.98 Å². The zero-order valence-corrected chi connectivity index (χ0v) is 22.8. The lowest BCUT2D eigenvalue weighted by atomic mass is 10.1. The highest BCUT2D eigenvalue weighted by molar-refractivity contribution is 6.34. The molecular weight excluding hydrogens is 533 g/mol. The van der Waals surface area contributed by atoms with Crippen molar-refractivity contribution in [1.29, 1.82) is 5.26 Å². The fourth-order valence-electron chi connectivity index (χ4n) is 5.18. The summed E-state index contributed by atoms with van der Waals surface area (Å²) in [4.78, 5) is 37.3. The number of alkyl halides is 3. The topological polar surface area (TPSA) is 83.8 Å². The van der Waals surface area contributed by atoms with E-state index < -0.39 is 29.6 Å². The third-order valence-corrected chi connectivity index (χ3v) is 7.56. The van der Waals surface area contributed by atoms with Crippen LogP contribution in [0.15, 0.2) is 30.3 Å². The van der Waals surface area contributed by atoms with E-state index in [1.54, 1.807) is 25.2 Å². The monoisotopic (exact) mass is 562 g/mol. The minimum absolute atomic E-state index is 0.0169. The lowest BCUT2D eigenvalue weighted by Gasteiger charge is -2.32. The number of hydrogen-bond acceptors (Lipinski definition) is 6. The van der Waals surface area contributed by atoms with Gasteiger partial charge in [0.25, 0.3) is 0 Å². The van der Waals surface area contributed by atoms with Gasteiger partial charge in [-0.2, -0.15) is 18.4 Å². The lowest BCUT2D eigenvalue weighted by molar-refractivity contribution is -0.137. The van der Waals surface area contributed by atoms with Gasteiger partial charge in [-0.1, -0.05) is 17.7 Å². The number of para-hydroxylation sites is 1. The Labute approximate surface area is 230 Å². The number of benzene rings is 1. The largest absolute Gasteiger partial charge is 0.416 e. The molecule has 0 radical (unpaired) electrons. The predicted molar refractivity (Wildman–Crippen MR) is 143 cm³/mol. The molecule has 0 aliphatic carbocycles. The molecule has 4 rings (SSSR count). The molecular formula is C27H30ClF3N6O2. The van der Waals surface area contributed by atoms with Crippen LogP contribution in [0.25, 0.3) is 0 Å². The smallest absolute Gasteiger partial charge is 0.370 e. The second-order valence-electron chi connectivity index (χ2n) is 10.0. The molecule has 2 atom stereocenters. The molecule has 3 heterocycles. The fraction of sp³-hybridized carbons (Fsp3) is 0.481. The molecule has 0 spiro atoms. The first-order valence-corrected chi connectivity index (χ1v) is 13.1. The van der Waals surface area contributed by atoms with Crippen LogP contribution < -0.4 is 14.7 Å². The third kappa shape index (κ3) is 6.12. The number of amides is 2. The quantitative estimate of drug-likeness (QED) is 0.494. The van der Waals surface area contributed by atoms with Crippen LogP contribution in [-0.2, 0) is 15.8 Å². The fourth-order valence-corrected chi connectivity index (χ4v) is 5.50. The van der Waals surface area contributed by atoms with Gasteiger partial charge in [-0.3, -0.25) is 14.5 Å². The zero-order chi connectivity index (χ0) is 28.5. The average molecular weight is 563 g/mol. The number of pyridine rings is 1. The van der Waals surface area contributed by atoms with E-state index in [2.05, 4.69) is 16.0 Å². The van der Waals surface area contributed by atoms with E-state index in [1.165, 1.54) is 11.8 Å².